The molecular weight excluding hydrogens is 310 g/mol. The van der Waals surface area contributed by atoms with Crippen molar-refractivity contribution in [3.05, 3.63) is 52.3 Å². The molecule has 0 radical (unpaired) electrons. The van der Waals surface area contributed by atoms with Crippen LogP contribution in [0.3, 0.4) is 0 Å². The average Bonchev–Trinajstić information content (AvgIpc) is 3.07. The van der Waals surface area contributed by atoms with Crippen LogP contribution in [0.2, 0.25) is 0 Å². The number of hydrogen-bond acceptors (Lipinski definition) is 5. The number of nitrogens with one attached hydrogen (secondary N) is 1. The fourth-order valence-electron chi connectivity index (χ4n) is 2.84. The fraction of sp³-hybridized carbons (Fsp3) is 0.375. The molecule has 0 aliphatic heterocycles. The number of nitro benzene ring substituents is 1. The van der Waals surface area contributed by atoms with Crippen LogP contribution in [0.15, 0.2) is 36.5 Å². The maximum Gasteiger partial charge on any atom is 0.272 e. The van der Waals surface area contributed by atoms with E-state index in [2.05, 4.69) is 10.4 Å². The van der Waals surface area contributed by atoms with E-state index in [4.69, 9.17) is 5.73 Å². The van der Waals surface area contributed by atoms with Gasteiger partial charge < -0.3 is 11.1 Å². The summed E-state index contributed by atoms with van der Waals surface area (Å²) in [6.07, 6.45) is 5.27. The lowest BCUT2D eigenvalue weighted by Gasteiger charge is -2.26. The Bertz CT molecular complexity index is 732. The summed E-state index contributed by atoms with van der Waals surface area (Å²) in [5, 5.41) is 17.9. The Morgan fingerprint density at radius 1 is 1.21 bits per heavy atom. The Hall–Kier alpha value is -2.74. The van der Waals surface area contributed by atoms with Gasteiger partial charge in [-0.2, -0.15) is 5.10 Å². The molecule has 3 N–H and O–H groups in total. The van der Waals surface area contributed by atoms with Crippen molar-refractivity contribution in [1.82, 2.24) is 15.1 Å². The molecule has 0 saturated heterocycles. The van der Waals surface area contributed by atoms with Gasteiger partial charge in [0.25, 0.3) is 11.6 Å². The van der Waals surface area contributed by atoms with Crippen LogP contribution in [-0.4, -0.2) is 32.7 Å². The zero-order valence-electron chi connectivity index (χ0n) is 13.1. The minimum Gasteiger partial charge on any atom is -0.348 e. The van der Waals surface area contributed by atoms with E-state index in [1.54, 1.807) is 24.4 Å². The van der Waals surface area contributed by atoms with Crippen LogP contribution in [0.25, 0.3) is 5.69 Å². The maximum absolute atomic E-state index is 12.3. The first-order chi connectivity index (χ1) is 11.5. The Kier molecular flexibility index (Phi) is 4.57. The maximum atomic E-state index is 12.3. The number of carbonyl (C=O) groups is 1. The lowest BCUT2D eigenvalue weighted by atomic mass is 9.92. The van der Waals surface area contributed by atoms with E-state index in [1.807, 2.05) is 0 Å². The summed E-state index contributed by atoms with van der Waals surface area (Å²) < 4.78 is 1.52. The second-order valence-corrected chi connectivity index (χ2v) is 6.00. The number of nitrogens with two attached hydrogens (primary N) is 1. The van der Waals surface area contributed by atoms with E-state index in [-0.39, 0.29) is 23.7 Å². The number of aromatic nitrogens is 2. The molecule has 1 aliphatic rings. The molecule has 1 aliphatic carbocycles. The number of benzene rings is 1. The lowest BCUT2D eigenvalue weighted by molar-refractivity contribution is -0.384. The minimum absolute atomic E-state index is 0.0133. The van der Waals surface area contributed by atoms with Gasteiger partial charge in [0.15, 0.2) is 5.69 Å². The highest BCUT2D eigenvalue weighted by atomic mass is 16.6. The summed E-state index contributed by atoms with van der Waals surface area (Å²) >= 11 is 0. The molecule has 1 aromatic carbocycles. The second-order valence-electron chi connectivity index (χ2n) is 6.00. The molecule has 1 aromatic heterocycles. The highest BCUT2D eigenvalue weighted by Crippen LogP contribution is 2.18. The first-order valence-electron chi connectivity index (χ1n) is 7.90. The first-order valence-corrected chi connectivity index (χ1v) is 7.90. The summed E-state index contributed by atoms with van der Waals surface area (Å²) in [7, 11) is 0. The Morgan fingerprint density at radius 3 is 2.50 bits per heavy atom. The third kappa shape index (κ3) is 3.60. The molecule has 0 bridgehead atoms. The Labute approximate surface area is 138 Å². The summed E-state index contributed by atoms with van der Waals surface area (Å²) in [5.74, 6) is -0.212. The second kappa shape index (κ2) is 6.79. The van der Waals surface area contributed by atoms with Crippen LogP contribution < -0.4 is 11.1 Å². The molecule has 1 heterocycles. The topological polar surface area (TPSA) is 116 Å². The number of nitro groups is 1. The first kappa shape index (κ1) is 16.1. The van der Waals surface area contributed by atoms with Crippen molar-refractivity contribution >= 4 is 11.6 Å². The van der Waals surface area contributed by atoms with Gasteiger partial charge in [-0.3, -0.25) is 14.9 Å². The van der Waals surface area contributed by atoms with E-state index in [0.29, 0.717) is 11.4 Å². The average molecular weight is 329 g/mol. The predicted octanol–water partition coefficient (Wildman–Crippen LogP) is 1.78. The van der Waals surface area contributed by atoms with Crippen LogP contribution in [0, 0.1) is 10.1 Å². The summed E-state index contributed by atoms with van der Waals surface area (Å²) in [4.78, 5) is 22.5. The molecule has 1 fully saturated rings. The molecular formula is C16H19N5O3. The minimum atomic E-state index is -0.457. The number of rotatable bonds is 4. The molecule has 0 unspecified atom stereocenters. The van der Waals surface area contributed by atoms with Gasteiger partial charge in [0.05, 0.1) is 10.6 Å². The molecule has 8 nitrogen and oxygen atoms in total. The molecule has 0 atom stereocenters. The molecule has 1 saturated carbocycles. The third-order valence-electron chi connectivity index (χ3n) is 4.25. The Balaban J connectivity index is 1.66. The zero-order chi connectivity index (χ0) is 17.1. The lowest BCUT2D eigenvalue weighted by Crippen LogP contribution is -2.40. The Morgan fingerprint density at radius 2 is 1.88 bits per heavy atom. The fourth-order valence-corrected chi connectivity index (χ4v) is 2.84. The van der Waals surface area contributed by atoms with Gasteiger partial charge >= 0.3 is 0 Å². The summed E-state index contributed by atoms with van der Waals surface area (Å²) in [6.45, 7) is 0. The number of hydrogen-bond donors (Lipinski definition) is 2. The van der Waals surface area contributed by atoms with Crippen molar-refractivity contribution in [2.45, 2.75) is 37.8 Å². The quantitative estimate of drug-likeness (QED) is 0.655. The van der Waals surface area contributed by atoms with Gasteiger partial charge in [-0.1, -0.05) is 0 Å². The smallest absolute Gasteiger partial charge is 0.272 e. The molecule has 24 heavy (non-hydrogen) atoms. The third-order valence-corrected chi connectivity index (χ3v) is 4.25. The number of carbonyl (C=O) groups excluding carboxylic acids is 1. The molecule has 3 rings (SSSR count). The number of amides is 1. The summed E-state index contributed by atoms with van der Waals surface area (Å²) in [6, 6.07) is 8.00. The van der Waals surface area contributed by atoms with Crippen molar-refractivity contribution in [2.24, 2.45) is 5.73 Å². The monoisotopic (exact) mass is 329 g/mol. The van der Waals surface area contributed by atoms with Crippen LogP contribution in [-0.2, 0) is 0 Å². The normalized spacial score (nSPS) is 20.5. The van der Waals surface area contributed by atoms with Crippen LogP contribution in [0.5, 0.6) is 0 Å². The molecule has 1 amide bonds. The van der Waals surface area contributed by atoms with Gasteiger partial charge in [0, 0.05) is 30.4 Å². The summed E-state index contributed by atoms with van der Waals surface area (Å²) in [5.41, 5.74) is 6.86. The largest absolute Gasteiger partial charge is 0.348 e. The van der Waals surface area contributed by atoms with Gasteiger partial charge in [-0.15, -0.1) is 0 Å². The van der Waals surface area contributed by atoms with Crippen molar-refractivity contribution in [1.29, 1.82) is 0 Å². The van der Waals surface area contributed by atoms with Gasteiger partial charge in [-0.25, -0.2) is 4.68 Å². The highest BCUT2D eigenvalue weighted by molar-refractivity contribution is 5.92. The van der Waals surface area contributed by atoms with E-state index in [9.17, 15) is 14.9 Å². The van der Waals surface area contributed by atoms with E-state index in [1.165, 1.54) is 16.8 Å². The SMILES string of the molecule is NC1CCC(NC(=O)c2ccn(-c3ccc([N+](=O)[O-])cc3)n2)CC1. The predicted molar refractivity (Wildman–Crippen MR) is 87.9 cm³/mol. The number of nitrogens with zero attached hydrogens (tertiary/aromatic N) is 3. The zero-order valence-corrected chi connectivity index (χ0v) is 13.1. The van der Waals surface area contributed by atoms with E-state index in [0.717, 1.165) is 25.7 Å². The van der Waals surface area contributed by atoms with Crippen molar-refractivity contribution in [3.8, 4) is 5.69 Å². The van der Waals surface area contributed by atoms with Crippen molar-refractivity contribution in [3.63, 3.8) is 0 Å². The van der Waals surface area contributed by atoms with Gasteiger partial charge in [-0.05, 0) is 43.9 Å². The molecule has 8 heteroatoms. The van der Waals surface area contributed by atoms with E-state index < -0.39 is 4.92 Å². The van der Waals surface area contributed by atoms with Crippen molar-refractivity contribution < 1.29 is 9.72 Å². The molecule has 2 aromatic rings. The highest BCUT2D eigenvalue weighted by Gasteiger charge is 2.21. The van der Waals surface area contributed by atoms with Crippen LogP contribution >= 0.6 is 0 Å². The van der Waals surface area contributed by atoms with Crippen LogP contribution in [0.4, 0.5) is 5.69 Å². The number of non-ortho nitro benzene ring substituents is 1. The van der Waals surface area contributed by atoms with E-state index >= 15 is 0 Å². The van der Waals surface area contributed by atoms with Crippen LogP contribution in [0.1, 0.15) is 36.2 Å². The van der Waals surface area contributed by atoms with Crippen molar-refractivity contribution in [2.75, 3.05) is 0 Å². The van der Waals surface area contributed by atoms with Gasteiger partial charge in [0.2, 0.25) is 0 Å². The standard InChI is InChI=1S/C16H19N5O3/c17-11-1-3-12(4-2-11)18-16(22)15-9-10-20(19-15)13-5-7-14(8-6-13)21(23)24/h5-12H,1-4,17H2,(H,18,22). The molecule has 126 valence electrons. The van der Waals surface area contributed by atoms with Gasteiger partial charge in [0.1, 0.15) is 0 Å². The molecule has 0 spiro atoms.